The zero-order valence-corrected chi connectivity index (χ0v) is 15.2. The minimum absolute atomic E-state index is 0.611. The topological polar surface area (TPSA) is 59.8 Å². The van der Waals surface area contributed by atoms with Crippen LogP contribution in [0.2, 0.25) is 0 Å². The number of hydrogen-bond donors (Lipinski definition) is 2. The van der Waals surface area contributed by atoms with Gasteiger partial charge in [0.05, 0.1) is 12.7 Å². The van der Waals surface area contributed by atoms with Gasteiger partial charge in [-0.15, -0.1) is 10.2 Å². The molecular formula is C19H27N6+. The first-order chi connectivity index (χ1) is 12.1. The zero-order chi connectivity index (χ0) is 18.1. The molecule has 2 rings (SSSR count). The first kappa shape index (κ1) is 18.6. The van der Waals surface area contributed by atoms with Crippen molar-refractivity contribution in [1.82, 2.24) is 10.3 Å². The van der Waals surface area contributed by atoms with Gasteiger partial charge in [0.2, 0.25) is 0 Å². The minimum atomic E-state index is 0.611. The van der Waals surface area contributed by atoms with Crippen LogP contribution in [0.5, 0.6) is 0 Å². The number of benzene rings is 2. The number of nitrogens with zero attached hydrogens (tertiary/aromatic N) is 4. The van der Waals surface area contributed by atoms with E-state index in [4.69, 9.17) is 0 Å². The first-order valence-corrected chi connectivity index (χ1v) is 8.28. The van der Waals surface area contributed by atoms with Crippen molar-refractivity contribution in [1.29, 1.82) is 0 Å². The first-order valence-electron chi connectivity index (χ1n) is 8.28. The van der Waals surface area contributed by atoms with Crippen LogP contribution in [0.25, 0.3) is 0 Å². The number of rotatable bonds is 9. The van der Waals surface area contributed by atoms with E-state index in [0.717, 1.165) is 17.9 Å². The number of quaternary nitrogens is 1. The van der Waals surface area contributed by atoms with Crippen LogP contribution < -0.4 is 15.8 Å². The van der Waals surface area contributed by atoms with Gasteiger partial charge in [0.25, 0.3) is 0 Å². The van der Waals surface area contributed by atoms with Crippen LogP contribution >= 0.6 is 0 Å². The van der Waals surface area contributed by atoms with Crippen LogP contribution in [0.1, 0.15) is 5.56 Å². The van der Waals surface area contributed by atoms with Gasteiger partial charge in [-0.1, -0.05) is 36.9 Å². The lowest BCUT2D eigenvalue weighted by molar-refractivity contribution is -0.687. The Labute approximate surface area is 149 Å². The smallest absolute Gasteiger partial charge is 0.144 e. The van der Waals surface area contributed by atoms with Gasteiger partial charge in [-0.05, 0) is 29.8 Å². The molecule has 0 aliphatic heterocycles. The Bertz CT molecular complexity index is 681. The van der Waals surface area contributed by atoms with Crippen molar-refractivity contribution in [2.24, 2.45) is 10.2 Å². The predicted octanol–water partition coefficient (Wildman–Crippen LogP) is 2.46. The molecule has 3 N–H and O–H groups in total. The van der Waals surface area contributed by atoms with Crippen LogP contribution in [0.15, 0.2) is 77.2 Å². The Morgan fingerprint density at radius 1 is 1.08 bits per heavy atom. The summed E-state index contributed by atoms with van der Waals surface area (Å²) < 4.78 is 0. The van der Waals surface area contributed by atoms with E-state index in [2.05, 4.69) is 70.6 Å². The summed E-state index contributed by atoms with van der Waals surface area (Å²) in [5.41, 5.74) is 8.21. The average molecular weight is 339 g/mol. The van der Waals surface area contributed by atoms with Crippen molar-refractivity contribution in [3.63, 3.8) is 0 Å². The molecule has 0 aliphatic carbocycles. The molecule has 2 aromatic rings. The number of hydrogen-bond acceptors (Lipinski definition) is 5. The molecule has 0 radical (unpaired) electrons. The minimum Gasteiger partial charge on any atom is -0.370 e. The summed E-state index contributed by atoms with van der Waals surface area (Å²) in [4.78, 5) is 4.10. The summed E-state index contributed by atoms with van der Waals surface area (Å²) in [5, 5.41) is 8.43. The molecular weight excluding hydrogens is 312 g/mol. The van der Waals surface area contributed by atoms with Crippen molar-refractivity contribution in [3.05, 3.63) is 72.6 Å². The third-order valence-electron chi connectivity index (χ3n) is 3.81. The second-order valence-electron chi connectivity index (χ2n) is 5.82. The van der Waals surface area contributed by atoms with Gasteiger partial charge in [-0.3, -0.25) is 5.43 Å². The lowest BCUT2D eigenvalue weighted by Crippen LogP contribution is -2.90. The molecule has 0 amide bonds. The predicted molar refractivity (Wildman–Crippen MR) is 102 cm³/mol. The molecule has 0 atom stereocenters. The number of nitrogens with two attached hydrogens (primary N) is 1. The molecule has 0 saturated carbocycles. The zero-order valence-electron chi connectivity index (χ0n) is 15.2. The molecule has 0 unspecified atom stereocenters. The maximum atomic E-state index is 4.25. The van der Waals surface area contributed by atoms with Gasteiger partial charge in [-0.2, -0.15) is 5.43 Å². The van der Waals surface area contributed by atoms with Gasteiger partial charge < -0.3 is 9.80 Å². The Morgan fingerprint density at radius 3 is 2.40 bits per heavy atom. The second-order valence-corrected chi connectivity index (χ2v) is 5.82. The average Bonchev–Trinajstić information content (AvgIpc) is 2.65. The molecule has 0 aromatic heterocycles. The van der Waals surface area contributed by atoms with Crippen LogP contribution in [-0.4, -0.2) is 32.7 Å². The molecule has 0 bridgehead atoms. The molecule has 0 spiro atoms. The summed E-state index contributed by atoms with van der Waals surface area (Å²) in [7, 11) is 5.94. The Morgan fingerprint density at radius 2 is 1.76 bits per heavy atom. The second kappa shape index (κ2) is 9.56. The van der Waals surface area contributed by atoms with Crippen LogP contribution in [0.4, 0.5) is 11.4 Å². The van der Waals surface area contributed by atoms with Crippen LogP contribution in [-0.2, 0) is 6.54 Å². The monoisotopic (exact) mass is 339 g/mol. The fourth-order valence-electron chi connectivity index (χ4n) is 2.23. The van der Waals surface area contributed by atoms with Gasteiger partial charge >= 0.3 is 0 Å². The van der Waals surface area contributed by atoms with Gasteiger partial charge in [0.15, 0.2) is 0 Å². The summed E-state index contributed by atoms with van der Waals surface area (Å²) >= 11 is 0. The van der Waals surface area contributed by atoms with Gasteiger partial charge in [-0.25, -0.2) is 0 Å². The molecule has 6 nitrogen and oxygen atoms in total. The summed E-state index contributed by atoms with van der Waals surface area (Å²) in [6.45, 7) is 5.43. The summed E-state index contributed by atoms with van der Waals surface area (Å²) in [6, 6.07) is 18.4. The van der Waals surface area contributed by atoms with Crippen molar-refractivity contribution in [2.75, 3.05) is 32.7 Å². The largest absolute Gasteiger partial charge is 0.370 e. The van der Waals surface area contributed by atoms with Crippen molar-refractivity contribution < 1.29 is 5.43 Å². The lowest BCUT2D eigenvalue weighted by Gasteiger charge is -2.19. The molecule has 132 valence electrons. The van der Waals surface area contributed by atoms with E-state index < -0.39 is 0 Å². The van der Waals surface area contributed by atoms with E-state index in [-0.39, 0.29) is 0 Å². The molecule has 2 aromatic carbocycles. The number of anilines is 1. The van der Waals surface area contributed by atoms with Crippen molar-refractivity contribution in [2.45, 2.75) is 6.54 Å². The van der Waals surface area contributed by atoms with Gasteiger partial charge in [0.1, 0.15) is 12.5 Å². The molecule has 0 saturated heterocycles. The third-order valence-corrected chi connectivity index (χ3v) is 3.81. The molecule has 25 heavy (non-hydrogen) atoms. The van der Waals surface area contributed by atoms with E-state index in [1.165, 1.54) is 5.56 Å². The van der Waals surface area contributed by atoms with E-state index in [0.29, 0.717) is 12.5 Å². The number of azo groups is 1. The van der Waals surface area contributed by atoms with Gasteiger partial charge in [0, 0.05) is 26.3 Å². The molecule has 0 aliphatic rings. The molecule has 0 fully saturated rings. The number of nitrogens with one attached hydrogen (secondary N) is 1. The SMILES string of the molecule is C=C(N=Nc1ccc(N(C)Cc2ccccc2)cc1)N(C)CN[NH2+]C. The van der Waals surface area contributed by atoms with E-state index >= 15 is 0 Å². The van der Waals surface area contributed by atoms with Crippen LogP contribution in [0.3, 0.4) is 0 Å². The highest BCUT2D eigenvalue weighted by Gasteiger charge is 2.03. The third kappa shape index (κ3) is 6.02. The highest BCUT2D eigenvalue weighted by molar-refractivity contribution is 5.52. The normalized spacial score (nSPS) is 10.8. The van der Waals surface area contributed by atoms with Crippen molar-refractivity contribution in [3.8, 4) is 0 Å². The van der Waals surface area contributed by atoms with E-state index in [9.17, 15) is 0 Å². The molecule has 0 heterocycles. The quantitative estimate of drug-likeness (QED) is 0.319. The Kier molecular flexibility index (Phi) is 7.13. The Hall–Kier alpha value is -2.70. The highest BCUT2D eigenvalue weighted by atomic mass is 15.4. The fourth-order valence-corrected chi connectivity index (χ4v) is 2.23. The standard InChI is InChI=1S/C19H26N6/c1-16(25(4)15-21-20-2)22-23-18-10-12-19(13-11-18)24(3)14-17-8-6-5-7-9-17/h5-13,20-21H,1,14-15H2,2-4H3/p+1. The van der Waals surface area contributed by atoms with E-state index in [1.54, 1.807) is 0 Å². The Balaban J connectivity index is 1.92. The van der Waals surface area contributed by atoms with E-state index in [1.807, 2.05) is 42.6 Å². The lowest BCUT2D eigenvalue weighted by atomic mass is 10.2. The molecule has 6 heteroatoms. The van der Waals surface area contributed by atoms with Crippen LogP contribution in [0, 0.1) is 0 Å². The maximum absolute atomic E-state index is 4.25. The fraction of sp³-hybridized carbons (Fsp3) is 0.263. The highest BCUT2D eigenvalue weighted by Crippen LogP contribution is 2.21. The maximum Gasteiger partial charge on any atom is 0.144 e. The van der Waals surface area contributed by atoms with Crippen molar-refractivity contribution >= 4 is 11.4 Å². The summed E-state index contributed by atoms with van der Waals surface area (Å²) in [5.74, 6) is 0.611. The summed E-state index contributed by atoms with van der Waals surface area (Å²) in [6.07, 6.45) is 0.